The highest BCUT2D eigenvalue weighted by molar-refractivity contribution is 7.12. The van der Waals surface area contributed by atoms with Crippen LogP contribution in [-0.2, 0) is 0 Å². The second-order valence-electron chi connectivity index (χ2n) is 5.81. The summed E-state index contributed by atoms with van der Waals surface area (Å²) in [4.78, 5) is 15.3. The number of amides is 1. The average Bonchev–Trinajstić information content (AvgIpc) is 2.95. The van der Waals surface area contributed by atoms with Crippen molar-refractivity contribution in [1.29, 1.82) is 0 Å². The van der Waals surface area contributed by atoms with Crippen LogP contribution in [0.5, 0.6) is 0 Å². The van der Waals surface area contributed by atoms with Crippen LogP contribution in [0, 0.1) is 23.7 Å². The molecule has 1 aromatic heterocycles. The number of carbonyl (C=O) groups excluding carboxylic acids is 1. The molecule has 1 amide bonds. The van der Waals surface area contributed by atoms with Gasteiger partial charge in [0, 0.05) is 25.1 Å². The number of rotatable bonds is 3. The molecule has 2 rings (SSSR count). The van der Waals surface area contributed by atoms with Gasteiger partial charge >= 0.3 is 0 Å². The predicted octanol–water partition coefficient (Wildman–Crippen LogP) is 2.99. The summed E-state index contributed by atoms with van der Waals surface area (Å²) in [5.74, 6) is 7.43. The molecular weight excluding hydrogens is 282 g/mol. The van der Waals surface area contributed by atoms with Gasteiger partial charge < -0.3 is 10.0 Å². The van der Waals surface area contributed by atoms with Crippen LogP contribution in [0.3, 0.4) is 0 Å². The van der Waals surface area contributed by atoms with Gasteiger partial charge in [0.05, 0.1) is 6.61 Å². The molecule has 114 valence electrons. The number of aliphatic hydroxyl groups excluding tert-OH is 1. The molecule has 21 heavy (non-hydrogen) atoms. The van der Waals surface area contributed by atoms with Crippen molar-refractivity contribution >= 4 is 17.2 Å². The molecule has 1 aromatic rings. The number of aliphatic hydroxyl groups is 1. The fraction of sp³-hybridized carbons (Fsp3) is 0.588. The number of piperidine rings is 1. The lowest BCUT2D eigenvalue weighted by molar-refractivity contribution is 0.0672. The SMILES string of the molecule is CC(C)C1CCN(C(=O)c2sccc2C#CCCO)CC1. The molecule has 0 aliphatic carbocycles. The van der Waals surface area contributed by atoms with E-state index in [1.54, 1.807) is 0 Å². The molecule has 3 nitrogen and oxygen atoms in total. The van der Waals surface area contributed by atoms with E-state index in [-0.39, 0.29) is 12.5 Å². The fourth-order valence-corrected chi connectivity index (χ4v) is 3.52. The average molecular weight is 305 g/mol. The molecule has 2 heterocycles. The summed E-state index contributed by atoms with van der Waals surface area (Å²) in [6.45, 7) is 6.28. The largest absolute Gasteiger partial charge is 0.395 e. The molecule has 1 aliphatic heterocycles. The van der Waals surface area contributed by atoms with E-state index in [9.17, 15) is 4.79 Å². The first-order valence-corrected chi connectivity index (χ1v) is 8.48. The highest BCUT2D eigenvalue weighted by atomic mass is 32.1. The predicted molar refractivity (Wildman–Crippen MR) is 86.4 cm³/mol. The van der Waals surface area contributed by atoms with Crippen molar-refractivity contribution in [2.24, 2.45) is 11.8 Å². The minimum Gasteiger partial charge on any atom is -0.395 e. The van der Waals surface area contributed by atoms with Gasteiger partial charge in [0.15, 0.2) is 0 Å². The van der Waals surface area contributed by atoms with E-state index < -0.39 is 0 Å². The molecule has 1 aliphatic rings. The molecule has 0 spiro atoms. The zero-order chi connectivity index (χ0) is 15.2. The van der Waals surface area contributed by atoms with Gasteiger partial charge in [-0.2, -0.15) is 0 Å². The highest BCUT2D eigenvalue weighted by Crippen LogP contribution is 2.27. The molecule has 0 aromatic carbocycles. The summed E-state index contributed by atoms with van der Waals surface area (Å²) in [5, 5.41) is 10.7. The van der Waals surface area contributed by atoms with Crippen molar-refractivity contribution in [2.45, 2.75) is 33.1 Å². The molecule has 1 N–H and O–H groups in total. The quantitative estimate of drug-likeness (QED) is 0.872. The van der Waals surface area contributed by atoms with Crippen LogP contribution in [0.4, 0.5) is 0 Å². The number of likely N-dealkylation sites (tertiary alicyclic amines) is 1. The standard InChI is InChI=1S/C17H23NO2S/c1-13(2)14-6-9-18(10-7-14)17(20)16-15(8-12-21-16)5-3-4-11-19/h8,12-14,19H,4,6-7,9-11H2,1-2H3. The number of carbonyl (C=O) groups is 1. The lowest BCUT2D eigenvalue weighted by atomic mass is 9.86. The Morgan fingerprint density at radius 1 is 1.48 bits per heavy atom. The zero-order valence-corrected chi connectivity index (χ0v) is 13.6. The Bertz CT molecular complexity index is 530. The molecule has 0 saturated carbocycles. The minimum absolute atomic E-state index is 0.0587. The summed E-state index contributed by atoms with van der Waals surface area (Å²) < 4.78 is 0. The van der Waals surface area contributed by atoms with Crippen molar-refractivity contribution < 1.29 is 9.90 Å². The highest BCUT2D eigenvalue weighted by Gasteiger charge is 2.26. The molecule has 0 unspecified atom stereocenters. The number of hydrogen-bond donors (Lipinski definition) is 1. The minimum atomic E-state index is 0.0587. The smallest absolute Gasteiger partial charge is 0.265 e. The Hall–Kier alpha value is -1.31. The van der Waals surface area contributed by atoms with Crippen molar-refractivity contribution in [2.75, 3.05) is 19.7 Å². The van der Waals surface area contributed by atoms with Crippen LogP contribution in [0.1, 0.15) is 48.3 Å². The first kappa shape index (κ1) is 16.1. The van der Waals surface area contributed by atoms with E-state index in [1.807, 2.05) is 16.3 Å². The Morgan fingerprint density at radius 2 is 2.19 bits per heavy atom. The van der Waals surface area contributed by atoms with Gasteiger partial charge in [-0.15, -0.1) is 11.3 Å². The molecule has 0 bridgehead atoms. The zero-order valence-electron chi connectivity index (χ0n) is 12.8. The van der Waals surface area contributed by atoms with Gasteiger partial charge in [-0.1, -0.05) is 25.7 Å². The molecule has 0 atom stereocenters. The molecule has 1 saturated heterocycles. The van der Waals surface area contributed by atoms with Crippen molar-refractivity contribution in [3.8, 4) is 11.8 Å². The van der Waals surface area contributed by atoms with Gasteiger partial charge in [-0.05, 0) is 36.1 Å². The Balaban J connectivity index is 2.02. The first-order chi connectivity index (χ1) is 10.1. The van der Waals surface area contributed by atoms with Gasteiger partial charge in [0.25, 0.3) is 5.91 Å². The van der Waals surface area contributed by atoms with Crippen LogP contribution in [0.2, 0.25) is 0 Å². The van der Waals surface area contributed by atoms with Crippen LogP contribution in [-0.4, -0.2) is 35.6 Å². The topological polar surface area (TPSA) is 40.5 Å². The number of nitrogens with zero attached hydrogens (tertiary/aromatic N) is 1. The fourth-order valence-electron chi connectivity index (χ4n) is 2.70. The van der Waals surface area contributed by atoms with E-state index in [1.165, 1.54) is 11.3 Å². The third kappa shape index (κ3) is 4.09. The molecule has 4 heteroatoms. The lowest BCUT2D eigenvalue weighted by Gasteiger charge is -2.33. The monoisotopic (exact) mass is 305 g/mol. The lowest BCUT2D eigenvalue weighted by Crippen LogP contribution is -2.39. The van der Waals surface area contributed by atoms with E-state index in [2.05, 4.69) is 25.7 Å². The third-order valence-corrected chi connectivity index (χ3v) is 4.99. The van der Waals surface area contributed by atoms with Gasteiger partial charge in [-0.25, -0.2) is 0 Å². The van der Waals surface area contributed by atoms with Crippen LogP contribution in [0.25, 0.3) is 0 Å². The Labute approximate surface area is 131 Å². The van der Waals surface area contributed by atoms with Crippen LogP contribution >= 0.6 is 11.3 Å². The van der Waals surface area contributed by atoms with E-state index in [0.29, 0.717) is 12.3 Å². The maximum atomic E-state index is 12.6. The van der Waals surface area contributed by atoms with Gasteiger partial charge in [0.1, 0.15) is 4.88 Å². The molecule has 0 radical (unpaired) electrons. The van der Waals surface area contributed by atoms with Crippen molar-refractivity contribution in [3.63, 3.8) is 0 Å². The van der Waals surface area contributed by atoms with Crippen LogP contribution in [0.15, 0.2) is 11.4 Å². The summed E-state index contributed by atoms with van der Waals surface area (Å²) in [7, 11) is 0. The van der Waals surface area contributed by atoms with E-state index in [0.717, 1.165) is 42.3 Å². The Morgan fingerprint density at radius 3 is 2.81 bits per heavy atom. The van der Waals surface area contributed by atoms with Crippen molar-refractivity contribution in [1.82, 2.24) is 4.90 Å². The van der Waals surface area contributed by atoms with Gasteiger partial charge in [-0.3, -0.25) is 4.79 Å². The number of thiophene rings is 1. The van der Waals surface area contributed by atoms with E-state index in [4.69, 9.17) is 5.11 Å². The summed E-state index contributed by atoms with van der Waals surface area (Å²) in [6.07, 6.45) is 2.64. The Kier molecular flexibility index (Phi) is 5.84. The summed E-state index contributed by atoms with van der Waals surface area (Å²) in [5.41, 5.74) is 0.796. The summed E-state index contributed by atoms with van der Waals surface area (Å²) in [6, 6.07) is 1.89. The van der Waals surface area contributed by atoms with Crippen LogP contribution < -0.4 is 0 Å². The maximum Gasteiger partial charge on any atom is 0.265 e. The molecular formula is C17H23NO2S. The maximum absolute atomic E-state index is 12.6. The number of hydrogen-bond acceptors (Lipinski definition) is 3. The third-order valence-electron chi connectivity index (χ3n) is 4.09. The van der Waals surface area contributed by atoms with Crippen molar-refractivity contribution in [3.05, 3.63) is 21.9 Å². The van der Waals surface area contributed by atoms with E-state index >= 15 is 0 Å². The van der Waals surface area contributed by atoms with Gasteiger partial charge in [0.2, 0.25) is 0 Å². The second kappa shape index (κ2) is 7.63. The first-order valence-electron chi connectivity index (χ1n) is 7.60. The normalized spacial score (nSPS) is 15.9. The summed E-state index contributed by atoms with van der Waals surface area (Å²) >= 11 is 1.46. The second-order valence-corrected chi connectivity index (χ2v) is 6.73. The molecule has 1 fully saturated rings.